The molecule has 1 heterocycles. The van der Waals surface area contributed by atoms with E-state index in [0.29, 0.717) is 6.54 Å². The van der Waals surface area contributed by atoms with E-state index in [1.54, 1.807) is 0 Å². The third kappa shape index (κ3) is 3.31. The molecule has 0 aliphatic carbocycles. The first kappa shape index (κ1) is 13.8. The summed E-state index contributed by atoms with van der Waals surface area (Å²) in [5.74, 6) is 0.0854. The highest BCUT2D eigenvalue weighted by Crippen LogP contribution is 2.18. The van der Waals surface area contributed by atoms with Crippen LogP contribution in [0.1, 0.15) is 22.7 Å². The van der Waals surface area contributed by atoms with E-state index >= 15 is 0 Å². The highest BCUT2D eigenvalue weighted by molar-refractivity contribution is 5.83. The lowest BCUT2D eigenvalue weighted by Crippen LogP contribution is -2.55. The van der Waals surface area contributed by atoms with Gasteiger partial charge in [-0.05, 0) is 24.5 Å². The number of benzene rings is 2. The molecule has 108 valence electrons. The Morgan fingerprint density at radius 2 is 1.76 bits per heavy atom. The number of aryl methyl sites for hydroxylation is 1. The zero-order valence-electron chi connectivity index (χ0n) is 12.2. The standard InChI is InChI=1S/C18H20N2O/c1-13-7-9-15(10-8-13)17-12-19-18(21)16(20-17)11-14-5-3-2-4-6-14/h2-10,16-17,20H,11-12H2,1H3,(H,19,21). The number of amides is 1. The summed E-state index contributed by atoms with van der Waals surface area (Å²) in [4.78, 5) is 12.1. The molecule has 1 aliphatic rings. The van der Waals surface area contributed by atoms with E-state index in [9.17, 15) is 4.79 Å². The highest BCUT2D eigenvalue weighted by atomic mass is 16.2. The quantitative estimate of drug-likeness (QED) is 0.906. The molecule has 0 aromatic heterocycles. The molecule has 1 amide bonds. The average molecular weight is 280 g/mol. The van der Waals surface area contributed by atoms with Gasteiger partial charge in [-0.2, -0.15) is 0 Å². The first-order valence-electron chi connectivity index (χ1n) is 7.36. The Morgan fingerprint density at radius 3 is 2.48 bits per heavy atom. The molecule has 0 bridgehead atoms. The van der Waals surface area contributed by atoms with Gasteiger partial charge in [0.25, 0.3) is 0 Å². The van der Waals surface area contributed by atoms with Crippen molar-refractivity contribution in [1.82, 2.24) is 10.6 Å². The normalized spacial score (nSPS) is 21.9. The number of carbonyl (C=O) groups is 1. The highest BCUT2D eigenvalue weighted by Gasteiger charge is 2.28. The molecule has 2 unspecified atom stereocenters. The van der Waals surface area contributed by atoms with Crippen LogP contribution < -0.4 is 10.6 Å². The number of piperazine rings is 1. The molecule has 21 heavy (non-hydrogen) atoms. The maximum absolute atomic E-state index is 12.1. The van der Waals surface area contributed by atoms with Crippen LogP contribution in [0.5, 0.6) is 0 Å². The van der Waals surface area contributed by atoms with Crippen LogP contribution in [-0.4, -0.2) is 18.5 Å². The van der Waals surface area contributed by atoms with Crippen LogP contribution in [0.3, 0.4) is 0 Å². The fourth-order valence-corrected chi connectivity index (χ4v) is 2.72. The molecule has 3 rings (SSSR count). The summed E-state index contributed by atoms with van der Waals surface area (Å²) < 4.78 is 0. The second-order valence-electron chi connectivity index (χ2n) is 5.62. The number of hydrogen-bond donors (Lipinski definition) is 2. The molecular formula is C18H20N2O. The zero-order valence-corrected chi connectivity index (χ0v) is 12.2. The lowest BCUT2D eigenvalue weighted by molar-refractivity contribution is -0.125. The molecule has 1 saturated heterocycles. The summed E-state index contributed by atoms with van der Waals surface area (Å²) in [6.07, 6.45) is 0.717. The van der Waals surface area contributed by atoms with Crippen LogP contribution in [-0.2, 0) is 11.2 Å². The van der Waals surface area contributed by atoms with Crippen LogP contribution in [0.2, 0.25) is 0 Å². The van der Waals surface area contributed by atoms with E-state index in [0.717, 1.165) is 6.42 Å². The van der Waals surface area contributed by atoms with Gasteiger partial charge in [0.15, 0.2) is 0 Å². The first-order valence-corrected chi connectivity index (χ1v) is 7.36. The second kappa shape index (κ2) is 6.10. The van der Waals surface area contributed by atoms with Crippen LogP contribution in [0.15, 0.2) is 54.6 Å². The second-order valence-corrected chi connectivity index (χ2v) is 5.62. The van der Waals surface area contributed by atoms with Crippen LogP contribution in [0.4, 0.5) is 0 Å². The van der Waals surface area contributed by atoms with Crippen LogP contribution in [0.25, 0.3) is 0 Å². The van der Waals surface area contributed by atoms with E-state index in [-0.39, 0.29) is 18.0 Å². The van der Waals surface area contributed by atoms with Crippen molar-refractivity contribution >= 4 is 5.91 Å². The molecule has 2 aromatic carbocycles. The molecule has 2 atom stereocenters. The van der Waals surface area contributed by atoms with E-state index in [1.807, 2.05) is 18.2 Å². The van der Waals surface area contributed by atoms with Crippen molar-refractivity contribution in [3.63, 3.8) is 0 Å². The number of hydrogen-bond acceptors (Lipinski definition) is 2. The van der Waals surface area contributed by atoms with Crippen molar-refractivity contribution in [2.24, 2.45) is 0 Å². The lowest BCUT2D eigenvalue weighted by atomic mass is 9.98. The number of rotatable bonds is 3. The average Bonchev–Trinajstić information content (AvgIpc) is 2.51. The van der Waals surface area contributed by atoms with Crippen molar-refractivity contribution in [3.05, 3.63) is 71.3 Å². The maximum atomic E-state index is 12.1. The van der Waals surface area contributed by atoms with Gasteiger partial charge in [-0.25, -0.2) is 0 Å². The van der Waals surface area contributed by atoms with Gasteiger partial charge >= 0.3 is 0 Å². The Hall–Kier alpha value is -2.13. The fraction of sp³-hybridized carbons (Fsp3) is 0.278. The van der Waals surface area contributed by atoms with Crippen molar-refractivity contribution in [2.45, 2.75) is 25.4 Å². The third-order valence-corrected chi connectivity index (χ3v) is 3.96. The molecule has 2 N–H and O–H groups in total. The molecule has 3 heteroatoms. The van der Waals surface area contributed by atoms with Crippen molar-refractivity contribution < 1.29 is 4.79 Å². The topological polar surface area (TPSA) is 41.1 Å². The van der Waals surface area contributed by atoms with Gasteiger partial charge < -0.3 is 5.32 Å². The smallest absolute Gasteiger partial charge is 0.237 e. The third-order valence-electron chi connectivity index (χ3n) is 3.96. The predicted molar refractivity (Wildman–Crippen MR) is 84.0 cm³/mol. The minimum absolute atomic E-state index is 0.0854. The van der Waals surface area contributed by atoms with Crippen molar-refractivity contribution in [3.8, 4) is 0 Å². The lowest BCUT2D eigenvalue weighted by Gasteiger charge is -2.31. The summed E-state index contributed by atoms with van der Waals surface area (Å²) in [6, 6.07) is 18.6. The summed E-state index contributed by atoms with van der Waals surface area (Å²) in [7, 11) is 0. The molecule has 1 aliphatic heterocycles. The van der Waals surface area contributed by atoms with Gasteiger partial charge in [0.2, 0.25) is 5.91 Å². The Balaban J connectivity index is 1.72. The molecule has 0 radical (unpaired) electrons. The van der Waals surface area contributed by atoms with E-state index in [1.165, 1.54) is 16.7 Å². The van der Waals surface area contributed by atoms with Crippen molar-refractivity contribution in [2.75, 3.05) is 6.54 Å². The van der Waals surface area contributed by atoms with E-state index in [4.69, 9.17) is 0 Å². The minimum atomic E-state index is -0.174. The Kier molecular flexibility index (Phi) is 4.02. The minimum Gasteiger partial charge on any atom is -0.353 e. The first-order chi connectivity index (χ1) is 10.2. The van der Waals surface area contributed by atoms with E-state index in [2.05, 4.69) is 54.0 Å². The van der Waals surface area contributed by atoms with Gasteiger partial charge in [0, 0.05) is 6.54 Å². The summed E-state index contributed by atoms with van der Waals surface area (Å²) in [5, 5.41) is 6.49. The monoisotopic (exact) mass is 280 g/mol. The largest absolute Gasteiger partial charge is 0.353 e. The zero-order chi connectivity index (χ0) is 14.7. The molecular weight excluding hydrogens is 260 g/mol. The molecule has 1 fully saturated rings. The SMILES string of the molecule is Cc1ccc(C2CNC(=O)C(Cc3ccccc3)N2)cc1. The maximum Gasteiger partial charge on any atom is 0.237 e. The summed E-state index contributed by atoms with van der Waals surface area (Å²) >= 11 is 0. The fourth-order valence-electron chi connectivity index (χ4n) is 2.72. The number of carbonyl (C=O) groups excluding carboxylic acids is 1. The molecule has 2 aromatic rings. The molecule has 0 spiro atoms. The Bertz CT molecular complexity index is 607. The molecule has 0 saturated carbocycles. The van der Waals surface area contributed by atoms with Gasteiger partial charge in [-0.1, -0.05) is 60.2 Å². The van der Waals surface area contributed by atoms with Gasteiger partial charge in [0.05, 0.1) is 12.1 Å². The van der Waals surface area contributed by atoms with Gasteiger partial charge in [-0.3, -0.25) is 10.1 Å². The van der Waals surface area contributed by atoms with Gasteiger partial charge in [-0.15, -0.1) is 0 Å². The van der Waals surface area contributed by atoms with Crippen molar-refractivity contribution in [1.29, 1.82) is 0 Å². The predicted octanol–water partition coefficient (Wildman–Crippen LogP) is 2.37. The van der Waals surface area contributed by atoms with Gasteiger partial charge in [0.1, 0.15) is 0 Å². The Morgan fingerprint density at radius 1 is 1.05 bits per heavy atom. The Labute approximate surface area is 125 Å². The summed E-state index contributed by atoms with van der Waals surface area (Å²) in [5.41, 5.74) is 3.65. The number of nitrogens with one attached hydrogen (secondary N) is 2. The molecule has 3 nitrogen and oxygen atoms in total. The van der Waals surface area contributed by atoms with Crippen LogP contribution in [0, 0.1) is 6.92 Å². The summed E-state index contributed by atoms with van der Waals surface area (Å²) in [6.45, 7) is 2.73. The van der Waals surface area contributed by atoms with E-state index < -0.39 is 0 Å². The van der Waals surface area contributed by atoms with Crippen LogP contribution >= 0.6 is 0 Å².